The first kappa shape index (κ1) is 24.4. The molecule has 4 amide bonds. The normalized spacial score (nSPS) is 20.6. The molecule has 9 nitrogen and oxygen atoms in total. The largest absolute Gasteiger partial charge is 0.466 e. The Hall–Kier alpha value is -3.69. The fraction of sp³-hybridized carbons (Fsp3) is 0.440. The molecule has 1 aromatic rings. The highest BCUT2D eigenvalue weighted by Crippen LogP contribution is 2.36. The molecule has 0 aliphatic carbocycles. The SMILES string of the molecule is C=CCN1C(=O)NC(c2ccc(F)cc2)C2=C1CN(CC(=O)N1CCC(C(=O)OCC)CC1)C2=O. The van der Waals surface area contributed by atoms with Crippen molar-refractivity contribution >= 4 is 23.8 Å². The van der Waals surface area contributed by atoms with E-state index in [4.69, 9.17) is 4.74 Å². The third-order valence-electron chi connectivity index (χ3n) is 6.61. The Kier molecular flexibility index (Phi) is 7.18. The van der Waals surface area contributed by atoms with E-state index in [1.807, 2.05) is 0 Å². The Bertz CT molecular complexity index is 1060. The molecule has 1 N–H and O–H groups in total. The van der Waals surface area contributed by atoms with Gasteiger partial charge in [0, 0.05) is 19.6 Å². The van der Waals surface area contributed by atoms with Gasteiger partial charge >= 0.3 is 12.0 Å². The average molecular weight is 485 g/mol. The van der Waals surface area contributed by atoms with Gasteiger partial charge in [0.25, 0.3) is 5.91 Å². The van der Waals surface area contributed by atoms with Gasteiger partial charge < -0.3 is 19.9 Å². The summed E-state index contributed by atoms with van der Waals surface area (Å²) in [6.45, 7) is 6.78. The molecule has 186 valence electrons. The molecule has 3 heterocycles. The van der Waals surface area contributed by atoms with Gasteiger partial charge in [0.05, 0.1) is 36.4 Å². The second kappa shape index (κ2) is 10.3. The maximum atomic E-state index is 13.5. The van der Waals surface area contributed by atoms with E-state index in [0.717, 1.165) is 0 Å². The maximum Gasteiger partial charge on any atom is 0.322 e. The van der Waals surface area contributed by atoms with Crippen molar-refractivity contribution in [3.05, 3.63) is 59.6 Å². The second-order valence-electron chi connectivity index (χ2n) is 8.76. The van der Waals surface area contributed by atoms with E-state index in [0.29, 0.717) is 49.4 Å². The number of nitrogens with one attached hydrogen (secondary N) is 1. The monoisotopic (exact) mass is 484 g/mol. The number of piperidine rings is 1. The van der Waals surface area contributed by atoms with Gasteiger partial charge in [0.1, 0.15) is 12.4 Å². The van der Waals surface area contributed by atoms with Crippen LogP contribution >= 0.6 is 0 Å². The molecular weight excluding hydrogens is 455 g/mol. The summed E-state index contributed by atoms with van der Waals surface area (Å²) >= 11 is 0. The molecule has 1 fully saturated rings. The lowest BCUT2D eigenvalue weighted by Crippen LogP contribution is -2.47. The van der Waals surface area contributed by atoms with Crippen LogP contribution in [0.25, 0.3) is 0 Å². The van der Waals surface area contributed by atoms with Gasteiger partial charge in [-0.1, -0.05) is 18.2 Å². The van der Waals surface area contributed by atoms with Crippen molar-refractivity contribution in [1.29, 1.82) is 0 Å². The van der Waals surface area contributed by atoms with Crippen LogP contribution in [0.1, 0.15) is 31.4 Å². The molecule has 1 atom stereocenters. The highest BCUT2D eigenvalue weighted by atomic mass is 19.1. The Balaban J connectivity index is 1.48. The Morgan fingerprint density at radius 3 is 2.51 bits per heavy atom. The van der Waals surface area contributed by atoms with Crippen LogP contribution in [0.3, 0.4) is 0 Å². The zero-order valence-corrected chi connectivity index (χ0v) is 19.7. The van der Waals surface area contributed by atoms with Crippen molar-refractivity contribution < 1.29 is 28.3 Å². The topological polar surface area (TPSA) is 99.3 Å². The number of benzene rings is 1. The number of rotatable bonds is 7. The predicted octanol–water partition coefficient (Wildman–Crippen LogP) is 1.98. The zero-order valence-electron chi connectivity index (χ0n) is 19.7. The second-order valence-corrected chi connectivity index (χ2v) is 8.76. The van der Waals surface area contributed by atoms with E-state index in [9.17, 15) is 23.6 Å². The van der Waals surface area contributed by atoms with Gasteiger partial charge in [-0.05, 0) is 37.5 Å². The fourth-order valence-electron chi connectivity index (χ4n) is 4.79. The van der Waals surface area contributed by atoms with Crippen molar-refractivity contribution in [3.8, 4) is 0 Å². The molecule has 0 bridgehead atoms. The quantitative estimate of drug-likeness (QED) is 0.471. The molecule has 0 saturated carbocycles. The standard InChI is InChI=1S/C25H29FN4O5/c1-3-11-30-19-14-29(15-20(31)28-12-9-17(10-13-28)24(33)35-4-2)23(32)21(19)22(27-25(30)34)16-5-7-18(26)8-6-16/h3,5-8,17,22H,1,4,9-15H2,2H3,(H,27,34). The summed E-state index contributed by atoms with van der Waals surface area (Å²) in [7, 11) is 0. The number of urea groups is 1. The van der Waals surface area contributed by atoms with Crippen molar-refractivity contribution in [2.75, 3.05) is 39.3 Å². The van der Waals surface area contributed by atoms with E-state index >= 15 is 0 Å². The highest BCUT2D eigenvalue weighted by Gasteiger charge is 2.44. The number of likely N-dealkylation sites (tertiary alicyclic amines) is 1. The molecule has 0 radical (unpaired) electrons. The molecule has 0 aromatic heterocycles. The number of esters is 1. The van der Waals surface area contributed by atoms with E-state index < -0.39 is 11.9 Å². The Morgan fingerprint density at radius 2 is 1.89 bits per heavy atom. The molecule has 35 heavy (non-hydrogen) atoms. The van der Waals surface area contributed by atoms with E-state index in [1.165, 1.54) is 34.1 Å². The third kappa shape index (κ3) is 4.91. The van der Waals surface area contributed by atoms with Gasteiger partial charge in [0.15, 0.2) is 0 Å². The van der Waals surface area contributed by atoms with Gasteiger partial charge in [0.2, 0.25) is 5.91 Å². The van der Waals surface area contributed by atoms with Crippen molar-refractivity contribution in [2.24, 2.45) is 5.92 Å². The van der Waals surface area contributed by atoms with Crippen LogP contribution in [0.4, 0.5) is 9.18 Å². The summed E-state index contributed by atoms with van der Waals surface area (Å²) < 4.78 is 18.5. The first-order valence-electron chi connectivity index (χ1n) is 11.7. The summed E-state index contributed by atoms with van der Waals surface area (Å²) in [6, 6.07) is 4.48. The van der Waals surface area contributed by atoms with Crippen LogP contribution in [0.5, 0.6) is 0 Å². The van der Waals surface area contributed by atoms with E-state index in [2.05, 4.69) is 11.9 Å². The number of carbonyl (C=O) groups excluding carboxylic acids is 4. The number of hydrogen-bond acceptors (Lipinski definition) is 5. The minimum Gasteiger partial charge on any atom is -0.466 e. The lowest BCUT2D eigenvalue weighted by Gasteiger charge is -2.33. The van der Waals surface area contributed by atoms with Crippen LogP contribution in [0.2, 0.25) is 0 Å². The molecule has 1 unspecified atom stereocenters. The molecule has 10 heteroatoms. The summed E-state index contributed by atoms with van der Waals surface area (Å²) in [5, 5.41) is 2.82. The Morgan fingerprint density at radius 1 is 1.20 bits per heavy atom. The maximum absolute atomic E-state index is 13.5. The fourth-order valence-corrected chi connectivity index (χ4v) is 4.79. The summed E-state index contributed by atoms with van der Waals surface area (Å²) in [6.07, 6.45) is 2.60. The molecule has 1 saturated heterocycles. The first-order valence-corrected chi connectivity index (χ1v) is 11.7. The minimum atomic E-state index is -0.743. The van der Waals surface area contributed by atoms with Gasteiger partial charge in [-0.2, -0.15) is 0 Å². The summed E-state index contributed by atoms with van der Waals surface area (Å²) in [5.74, 6) is -1.44. The number of carbonyl (C=O) groups is 4. The number of ether oxygens (including phenoxy) is 1. The Labute approximate surface area is 203 Å². The highest BCUT2D eigenvalue weighted by molar-refractivity contribution is 6.03. The molecule has 0 spiro atoms. The smallest absolute Gasteiger partial charge is 0.322 e. The molecule has 3 aliphatic rings. The lowest BCUT2D eigenvalue weighted by atomic mass is 9.95. The van der Waals surface area contributed by atoms with E-state index in [1.54, 1.807) is 17.9 Å². The van der Waals surface area contributed by atoms with Gasteiger partial charge in [-0.15, -0.1) is 6.58 Å². The summed E-state index contributed by atoms with van der Waals surface area (Å²) in [4.78, 5) is 55.7. The average Bonchev–Trinajstić information content (AvgIpc) is 3.17. The number of hydrogen-bond donors (Lipinski definition) is 1. The molecule has 1 aromatic carbocycles. The number of amides is 4. The minimum absolute atomic E-state index is 0.109. The third-order valence-corrected chi connectivity index (χ3v) is 6.61. The first-order chi connectivity index (χ1) is 16.8. The van der Waals surface area contributed by atoms with Crippen LogP contribution in [-0.2, 0) is 19.1 Å². The van der Waals surface area contributed by atoms with Gasteiger partial charge in [-0.25, -0.2) is 9.18 Å². The molecule has 3 aliphatic heterocycles. The van der Waals surface area contributed by atoms with Gasteiger partial charge in [-0.3, -0.25) is 19.3 Å². The van der Waals surface area contributed by atoms with Crippen LogP contribution in [-0.4, -0.2) is 77.8 Å². The van der Waals surface area contributed by atoms with Crippen molar-refractivity contribution in [2.45, 2.75) is 25.8 Å². The van der Waals surface area contributed by atoms with Crippen LogP contribution in [0.15, 0.2) is 48.2 Å². The lowest BCUT2D eigenvalue weighted by molar-refractivity contribution is -0.151. The van der Waals surface area contributed by atoms with Crippen LogP contribution in [0, 0.1) is 11.7 Å². The zero-order chi connectivity index (χ0) is 25.1. The van der Waals surface area contributed by atoms with Crippen molar-refractivity contribution in [3.63, 3.8) is 0 Å². The number of halogens is 1. The predicted molar refractivity (Wildman–Crippen MR) is 124 cm³/mol. The summed E-state index contributed by atoms with van der Waals surface area (Å²) in [5.41, 5.74) is 1.46. The number of nitrogens with zero attached hydrogens (tertiary/aromatic N) is 3. The van der Waals surface area contributed by atoms with E-state index in [-0.39, 0.29) is 49.4 Å². The molecular formula is C25H29FN4O5. The van der Waals surface area contributed by atoms with Crippen LogP contribution < -0.4 is 5.32 Å². The van der Waals surface area contributed by atoms with Crippen molar-refractivity contribution in [1.82, 2.24) is 20.0 Å². The molecule has 4 rings (SSSR count).